The van der Waals surface area contributed by atoms with Crippen molar-refractivity contribution < 1.29 is 30.3 Å². The molecule has 0 radical (unpaired) electrons. The molecule has 1 amide bonds. The fourth-order valence-corrected chi connectivity index (χ4v) is 5.27. The van der Waals surface area contributed by atoms with Gasteiger partial charge in [-0.05, 0) is 32.1 Å². The summed E-state index contributed by atoms with van der Waals surface area (Å²) in [5.74, 6) is -0.317. The Balaban J connectivity index is 4.04. The van der Waals surface area contributed by atoms with Crippen molar-refractivity contribution >= 4 is 5.91 Å². The van der Waals surface area contributed by atoms with E-state index in [1.54, 1.807) is 36.5 Å². The molecule has 6 N–H and O–H groups in total. The minimum atomic E-state index is -1.06. The van der Waals surface area contributed by atoms with Crippen molar-refractivity contribution in [3.63, 3.8) is 0 Å². The van der Waals surface area contributed by atoms with Crippen LogP contribution in [0.25, 0.3) is 0 Å². The van der Waals surface area contributed by atoms with E-state index in [-0.39, 0.29) is 25.4 Å². The second-order valence-electron chi connectivity index (χ2n) is 12.9. The van der Waals surface area contributed by atoms with E-state index in [0.717, 1.165) is 38.5 Å². The summed E-state index contributed by atoms with van der Waals surface area (Å²) in [6.07, 6.45) is 36.6. The van der Waals surface area contributed by atoms with Gasteiger partial charge >= 0.3 is 0 Å². The number of amides is 1. The minimum absolute atomic E-state index is 0.116. The maximum Gasteiger partial charge on any atom is 0.220 e. The summed E-state index contributed by atoms with van der Waals surface area (Å²) >= 11 is 0. The van der Waals surface area contributed by atoms with Crippen molar-refractivity contribution in [2.24, 2.45) is 0 Å². The highest BCUT2D eigenvalue weighted by molar-refractivity contribution is 5.76. The summed E-state index contributed by atoms with van der Waals surface area (Å²) < 4.78 is 0. The molecule has 0 spiro atoms. The molecule has 0 heterocycles. The van der Waals surface area contributed by atoms with Gasteiger partial charge in [-0.3, -0.25) is 4.79 Å². The number of aliphatic hydroxyl groups excluding tert-OH is 5. The second-order valence-corrected chi connectivity index (χ2v) is 12.9. The molecule has 0 unspecified atom stereocenters. The Labute approximate surface area is 287 Å². The van der Waals surface area contributed by atoms with Gasteiger partial charge in [-0.15, -0.1) is 0 Å². The van der Waals surface area contributed by atoms with Crippen LogP contribution in [0.2, 0.25) is 0 Å². The molecule has 0 saturated carbocycles. The molecule has 5 atom stereocenters. The third-order valence-corrected chi connectivity index (χ3v) is 8.36. The quantitative estimate of drug-likeness (QED) is 0.0247. The number of rotatable bonds is 32. The molecule has 0 saturated heterocycles. The lowest BCUT2D eigenvalue weighted by molar-refractivity contribution is -0.123. The molecule has 0 aromatic carbocycles. The van der Waals surface area contributed by atoms with Crippen LogP contribution in [0.1, 0.15) is 149 Å². The van der Waals surface area contributed by atoms with Gasteiger partial charge in [0, 0.05) is 6.42 Å². The van der Waals surface area contributed by atoms with Gasteiger partial charge < -0.3 is 30.8 Å². The van der Waals surface area contributed by atoms with E-state index in [1.165, 1.54) is 83.1 Å². The van der Waals surface area contributed by atoms with Crippen LogP contribution >= 0.6 is 0 Å². The van der Waals surface area contributed by atoms with Gasteiger partial charge in [0.25, 0.3) is 0 Å². The Morgan fingerprint density at radius 3 is 1.66 bits per heavy atom. The monoisotopic (exact) mass is 662 g/mol. The van der Waals surface area contributed by atoms with Gasteiger partial charge in [0.05, 0.1) is 37.1 Å². The standard InChI is InChI=1S/C40H71NO6/c1-3-5-7-8-9-10-11-12-13-14-15-16-17-21-25-30-37(44)36(34-42)41-40(47)33-27-32-39(46)38(45)31-26-22-19-18-20-24-29-35(43)28-23-6-4-2/h18-20,22,24-26,29-31,35-39,42-46H,3-17,21,23,27-28,32-34H2,1-2H3,(H,41,47)/b20-18-,22-19+,29-24+,30-25+,31-26+/t35-,36-,37+,38-,39-/m0/s1. The highest BCUT2D eigenvalue weighted by atomic mass is 16.3. The lowest BCUT2D eigenvalue weighted by atomic mass is 10.0. The molecule has 272 valence electrons. The number of hydrogen-bond donors (Lipinski definition) is 6. The zero-order chi connectivity index (χ0) is 34.8. The van der Waals surface area contributed by atoms with Gasteiger partial charge in [0.2, 0.25) is 5.91 Å². The van der Waals surface area contributed by atoms with Crippen LogP contribution in [0.4, 0.5) is 0 Å². The topological polar surface area (TPSA) is 130 Å². The van der Waals surface area contributed by atoms with Crippen molar-refractivity contribution in [3.05, 3.63) is 60.8 Å². The molecular formula is C40H71NO6. The molecule has 47 heavy (non-hydrogen) atoms. The van der Waals surface area contributed by atoms with Gasteiger partial charge in [-0.1, -0.05) is 171 Å². The third-order valence-electron chi connectivity index (χ3n) is 8.36. The largest absolute Gasteiger partial charge is 0.394 e. The van der Waals surface area contributed by atoms with Gasteiger partial charge in [0.1, 0.15) is 0 Å². The van der Waals surface area contributed by atoms with E-state index >= 15 is 0 Å². The van der Waals surface area contributed by atoms with Crippen molar-refractivity contribution in [2.75, 3.05) is 6.61 Å². The molecule has 0 aromatic heterocycles. The van der Waals surface area contributed by atoms with E-state index in [2.05, 4.69) is 19.2 Å². The van der Waals surface area contributed by atoms with E-state index in [4.69, 9.17) is 0 Å². The fourth-order valence-electron chi connectivity index (χ4n) is 5.27. The molecule has 0 aliphatic rings. The van der Waals surface area contributed by atoms with Crippen molar-refractivity contribution in [1.29, 1.82) is 0 Å². The third kappa shape index (κ3) is 29.8. The maximum absolute atomic E-state index is 12.3. The predicted molar refractivity (Wildman–Crippen MR) is 197 cm³/mol. The first-order chi connectivity index (χ1) is 22.8. The lowest BCUT2D eigenvalue weighted by Gasteiger charge is -2.20. The number of hydrogen-bond acceptors (Lipinski definition) is 6. The second kappa shape index (κ2) is 33.9. The van der Waals surface area contributed by atoms with Crippen LogP contribution in [0.3, 0.4) is 0 Å². The summed E-state index contributed by atoms with van der Waals surface area (Å²) in [6.45, 7) is 4.02. The summed E-state index contributed by atoms with van der Waals surface area (Å²) in [5, 5.41) is 53.0. The zero-order valence-electron chi connectivity index (χ0n) is 29.9. The minimum Gasteiger partial charge on any atom is -0.394 e. The highest BCUT2D eigenvalue weighted by Crippen LogP contribution is 2.13. The number of carbonyl (C=O) groups excluding carboxylic acids is 1. The first kappa shape index (κ1) is 45.0. The molecule has 0 aliphatic heterocycles. The van der Waals surface area contributed by atoms with E-state index < -0.39 is 30.5 Å². The number of unbranched alkanes of at least 4 members (excludes halogenated alkanes) is 15. The van der Waals surface area contributed by atoms with Crippen LogP contribution in [0.5, 0.6) is 0 Å². The molecule has 0 bridgehead atoms. The maximum atomic E-state index is 12.3. The summed E-state index contributed by atoms with van der Waals surface area (Å²) in [7, 11) is 0. The average Bonchev–Trinajstić information content (AvgIpc) is 3.06. The molecule has 0 aliphatic carbocycles. The summed E-state index contributed by atoms with van der Waals surface area (Å²) in [5.41, 5.74) is 0. The van der Waals surface area contributed by atoms with Gasteiger partial charge in [-0.2, -0.15) is 0 Å². The predicted octanol–water partition coefficient (Wildman–Crippen LogP) is 7.92. The normalized spacial score (nSPS) is 15.8. The molecule has 7 heteroatoms. The molecular weight excluding hydrogens is 590 g/mol. The molecule has 0 aromatic rings. The lowest BCUT2D eigenvalue weighted by Crippen LogP contribution is -2.45. The summed E-state index contributed by atoms with van der Waals surface area (Å²) in [6, 6.07) is -0.781. The van der Waals surface area contributed by atoms with E-state index in [9.17, 15) is 30.3 Å². The van der Waals surface area contributed by atoms with Crippen molar-refractivity contribution in [2.45, 2.75) is 179 Å². The Bertz CT molecular complexity index is 852. The van der Waals surface area contributed by atoms with Gasteiger partial charge in [0.15, 0.2) is 0 Å². The van der Waals surface area contributed by atoms with E-state index in [0.29, 0.717) is 6.42 Å². The number of aliphatic hydroxyl groups is 5. The van der Waals surface area contributed by atoms with Crippen LogP contribution < -0.4 is 5.32 Å². The number of allylic oxidation sites excluding steroid dienone is 7. The number of nitrogens with one attached hydrogen (secondary N) is 1. The van der Waals surface area contributed by atoms with Gasteiger partial charge in [-0.25, -0.2) is 0 Å². The molecule has 0 fully saturated rings. The van der Waals surface area contributed by atoms with Crippen LogP contribution in [0.15, 0.2) is 60.8 Å². The van der Waals surface area contributed by atoms with Crippen LogP contribution in [-0.2, 0) is 4.79 Å². The Kier molecular flexibility index (Phi) is 32.4. The smallest absolute Gasteiger partial charge is 0.220 e. The first-order valence-corrected chi connectivity index (χ1v) is 18.8. The van der Waals surface area contributed by atoms with Crippen molar-refractivity contribution in [1.82, 2.24) is 5.32 Å². The fraction of sp³-hybridized carbons (Fsp3) is 0.725. The zero-order valence-corrected chi connectivity index (χ0v) is 29.9. The van der Waals surface area contributed by atoms with E-state index in [1.807, 2.05) is 18.2 Å². The Morgan fingerprint density at radius 2 is 1.09 bits per heavy atom. The first-order valence-electron chi connectivity index (χ1n) is 18.8. The molecule has 7 nitrogen and oxygen atoms in total. The van der Waals surface area contributed by atoms with Crippen molar-refractivity contribution in [3.8, 4) is 0 Å². The van der Waals surface area contributed by atoms with Crippen LogP contribution in [-0.4, -0.2) is 68.5 Å². The van der Waals surface area contributed by atoms with Crippen LogP contribution in [0, 0.1) is 0 Å². The average molecular weight is 662 g/mol. The molecule has 0 rings (SSSR count). The summed E-state index contributed by atoms with van der Waals surface area (Å²) in [4.78, 5) is 12.3. The number of carbonyl (C=O) groups is 1. The highest BCUT2D eigenvalue weighted by Gasteiger charge is 2.19. The Morgan fingerprint density at radius 1 is 0.574 bits per heavy atom. The Hall–Kier alpha value is -2.03. The SMILES string of the molecule is CCCCCCCCCCCCCCC/C=C/[C@@H](O)[C@H](CO)NC(=O)CCC[C@H](O)[C@@H](O)/C=C/C=C/C=C\C=C\[C@@H](O)CCCCC.